The van der Waals surface area contributed by atoms with Gasteiger partial charge >= 0.3 is 0 Å². The zero-order chi connectivity index (χ0) is 16.8. The van der Waals surface area contributed by atoms with Crippen molar-refractivity contribution < 1.29 is 14.3 Å². The van der Waals surface area contributed by atoms with Crippen LogP contribution in [-0.2, 0) is 11.2 Å². The molecule has 2 rings (SSSR count). The highest BCUT2D eigenvalue weighted by Crippen LogP contribution is 2.15. The summed E-state index contributed by atoms with van der Waals surface area (Å²) in [6, 6.07) is 14.0. The van der Waals surface area contributed by atoms with Crippen LogP contribution in [0.3, 0.4) is 0 Å². The number of primary amides is 1. The zero-order valence-corrected chi connectivity index (χ0v) is 13.2. The monoisotopic (exact) mass is 312 g/mol. The van der Waals surface area contributed by atoms with Crippen LogP contribution in [0.4, 0.5) is 5.69 Å². The normalized spacial score (nSPS) is 11.6. The molecule has 2 aromatic carbocycles. The van der Waals surface area contributed by atoms with Crippen LogP contribution in [0.5, 0.6) is 5.75 Å². The number of nitrogens with two attached hydrogens (primary N) is 1. The molecule has 0 aliphatic heterocycles. The lowest BCUT2D eigenvalue weighted by atomic mass is 10.2. The van der Waals surface area contributed by atoms with Crippen LogP contribution in [0.15, 0.2) is 48.5 Å². The van der Waals surface area contributed by atoms with E-state index in [9.17, 15) is 9.59 Å². The molecule has 1 atom stereocenters. The van der Waals surface area contributed by atoms with Crippen molar-refractivity contribution in [3.63, 3.8) is 0 Å². The molecule has 0 saturated carbocycles. The highest BCUT2D eigenvalue weighted by atomic mass is 16.5. The summed E-state index contributed by atoms with van der Waals surface area (Å²) in [6.45, 7) is 3.76. The van der Waals surface area contributed by atoms with E-state index in [2.05, 4.69) is 12.2 Å². The molecular formula is C18H20N2O3. The molecule has 0 fully saturated rings. The second-order valence-corrected chi connectivity index (χ2v) is 5.19. The number of carbonyl (C=O) groups is 2. The first kappa shape index (κ1) is 16.5. The number of anilines is 1. The Morgan fingerprint density at radius 1 is 1.09 bits per heavy atom. The minimum atomic E-state index is -0.640. The lowest BCUT2D eigenvalue weighted by Gasteiger charge is -2.15. The van der Waals surface area contributed by atoms with Crippen molar-refractivity contribution in [1.82, 2.24) is 0 Å². The molecule has 5 nitrogen and oxygen atoms in total. The quantitative estimate of drug-likeness (QED) is 0.860. The molecule has 0 radical (unpaired) electrons. The van der Waals surface area contributed by atoms with Gasteiger partial charge in [-0.25, -0.2) is 0 Å². The molecule has 3 N–H and O–H groups in total. The Morgan fingerprint density at radius 2 is 1.70 bits per heavy atom. The van der Waals surface area contributed by atoms with Crippen LogP contribution in [-0.4, -0.2) is 17.9 Å². The smallest absolute Gasteiger partial charge is 0.265 e. The van der Waals surface area contributed by atoms with E-state index >= 15 is 0 Å². The molecule has 2 amide bonds. The Morgan fingerprint density at radius 3 is 2.22 bits per heavy atom. The maximum absolute atomic E-state index is 12.1. The number of hydrogen-bond donors (Lipinski definition) is 2. The SMILES string of the molecule is CCc1ccc(OC(C)C(=O)Nc2ccc(C(N)=O)cc2)cc1. The Balaban J connectivity index is 1.94. The number of nitrogens with one attached hydrogen (secondary N) is 1. The Hall–Kier alpha value is -2.82. The highest BCUT2D eigenvalue weighted by molar-refractivity contribution is 5.96. The average Bonchev–Trinajstić information content (AvgIpc) is 2.56. The van der Waals surface area contributed by atoms with Crippen molar-refractivity contribution >= 4 is 17.5 Å². The van der Waals surface area contributed by atoms with Gasteiger partial charge in [0.05, 0.1) is 0 Å². The number of rotatable bonds is 6. The van der Waals surface area contributed by atoms with Crippen LogP contribution >= 0.6 is 0 Å². The largest absolute Gasteiger partial charge is 0.481 e. The predicted molar refractivity (Wildman–Crippen MR) is 89.5 cm³/mol. The number of hydrogen-bond acceptors (Lipinski definition) is 3. The molecule has 120 valence electrons. The summed E-state index contributed by atoms with van der Waals surface area (Å²) in [6.07, 6.45) is 0.316. The zero-order valence-electron chi connectivity index (χ0n) is 13.2. The molecule has 5 heteroatoms. The van der Waals surface area contributed by atoms with Crippen molar-refractivity contribution in [1.29, 1.82) is 0 Å². The minimum absolute atomic E-state index is 0.267. The standard InChI is InChI=1S/C18H20N2O3/c1-3-13-4-10-16(11-5-13)23-12(2)18(22)20-15-8-6-14(7-9-15)17(19)21/h4-12H,3H2,1-2H3,(H2,19,21)(H,20,22). The summed E-state index contributed by atoms with van der Waals surface area (Å²) in [5.41, 5.74) is 7.36. The molecule has 0 aliphatic rings. The first-order valence-electron chi connectivity index (χ1n) is 7.46. The van der Waals surface area contributed by atoms with Gasteiger partial charge in [-0.2, -0.15) is 0 Å². The number of carbonyl (C=O) groups excluding carboxylic acids is 2. The van der Waals surface area contributed by atoms with Crippen LogP contribution < -0.4 is 15.8 Å². The number of aryl methyl sites for hydroxylation is 1. The van der Waals surface area contributed by atoms with Gasteiger partial charge in [-0.15, -0.1) is 0 Å². The number of ether oxygens (including phenoxy) is 1. The van der Waals surface area contributed by atoms with Crippen LogP contribution in [0.2, 0.25) is 0 Å². The molecule has 23 heavy (non-hydrogen) atoms. The topological polar surface area (TPSA) is 81.4 Å². The first-order chi connectivity index (χ1) is 11.0. The molecule has 0 aromatic heterocycles. The first-order valence-corrected chi connectivity index (χ1v) is 7.46. The summed E-state index contributed by atoms with van der Waals surface area (Å²) in [7, 11) is 0. The Labute approximate surface area is 135 Å². The lowest BCUT2D eigenvalue weighted by molar-refractivity contribution is -0.122. The van der Waals surface area contributed by atoms with E-state index in [1.54, 1.807) is 31.2 Å². The van der Waals surface area contributed by atoms with Gasteiger partial charge in [0.25, 0.3) is 5.91 Å². The fourth-order valence-electron chi connectivity index (χ4n) is 2.02. The van der Waals surface area contributed by atoms with Crippen LogP contribution in [0.1, 0.15) is 29.8 Å². The van der Waals surface area contributed by atoms with Gasteiger partial charge in [0, 0.05) is 11.3 Å². The van der Waals surface area contributed by atoms with E-state index in [4.69, 9.17) is 10.5 Å². The van der Waals surface area contributed by atoms with Gasteiger partial charge in [0.15, 0.2) is 6.10 Å². The van der Waals surface area contributed by atoms with Crippen LogP contribution in [0, 0.1) is 0 Å². The number of benzene rings is 2. The highest BCUT2D eigenvalue weighted by Gasteiger charge is 2.15. The third-order valence-electron chi connectivity index (χ3n) is 3.45. The van der Waals surface area contributed by atoms with Gasteiger partial charge in [-0.3, -0.25) is 9.59 Å². The predicted octanol–water partition coefficient (Wildman–Crippen LogP) is 2.75. The summed E-state index contributed by atoms with van der Waals surface area (Å²) >= 11 is 0. The van der Waals surface area contributed by atoms with Gasteiger partial charge < -0.3 is 15.8 Å². The molecule has 0 saturated heterocycles. The molecule has 0 aliphatic carbocycles. The van der Waals surface area contributed by atoms with Crippen LogP contribution in [0.25, 0.3) is 0 Å². The summed E-state index contributed by atoms with van der Waals surface area (Å²) < 4.78 is 5.62. The van der Waals surface area contributed by atoms with E-state index < -0.39 is 12.0 Å². The molecule has 0 spiro atoms. The average molecular weight is 312 g/mol. The molecular weight excluding hydrogens is 292 g/mol. The van der Waals surface area contributed by atoms with Crippen molar-refractivity contribution in [3.8, 4) is 5.75 Å². The second kappa shape index (κ2) is 7.45. The molecule has 2 aromatic rings. The Bertz CT molecular complexity index is 678. The van der Waals surface area contributed by atoms with E-state index in [1.165, 1.54) is 5.56 Å². The van der Waals surface area contributed by atoms with Crippen molar-refractivity contribution in [2.45, 2.75) is 26.4 Å². The van der Waals surface area contributed by atoms with Gasteiger partial charge in [-0.05, 0) is 55.3 Å². The fraction of sp³-hybridized carbons (Fsp3) is 0.222. The molecule has 0 heterocycles. The van der Waals surface area contributed by atoms with Crippen molar-refractivity contribution in [2.24, 2.45) is 5.73 Å². The summed E-state index contributed by atoms with van der Waals surface area (Å²) in [4.78, 5) is 23.1. The summed E-state index contributed by atoms with van der Waals surface area (Å²) in [5.74, 6) is -0.125. The third kappa shape index (κ3) is 4.57. The third-order valence-corrected chi connectivity index (χ3v) is 3.45. The van der Waals surface area contributed by atoms with E-state index in [0.717, 1.165) is 6.42 Å². The molecule has 1 unspecified atom stereocenters. The number of amides is 2. The van der Waals surface area contributed by atoms with Crippen molar-refractivity contribution in [3.05, 3.63) is 59.7 Å². The fourth-order valence-corrected chi connectivity index (χ4v) is 2.02. The summed E-state index contributed by atoms with van der Waals surface area (Å²) in [5, 5.41) is 2.73. The van der Waals surface area contributed by atoms with Gasteiger partial charge in [0.2, 0.25) is 5.91 Å². The molecule has 0 bridgehead atoms. The minimum Gasteiger partial charge on any atom is -0.481 e. The van der Waals surface area contributed by atoms with Gasteiger partial charge in [-0.1, -0.05) is 19.1 Å². The van der Waals surface area contributed by atoms with Crippen molar-refractivity contribution in [2.75, 3.05) is 5.32 Å². The second-order valence-electron chi connectivity index (χ2n) is 5.19. The maximum Gasteiger partial charge on any atom is 0.265 e. The van der Waals surface area contributed by atoms with Gasteiger partial charge in [0.1, 0.15) is 5.75 Å². The van der Waals surface area contributed by atoms with E-state index in [0.29, 0.717) is 17.0 Å². The Kier molecular flexibility index (Phi) is 5.36. The lowest BCUT2D eigenvalue weighted by Crippen LogP contribution is -2.30. The van der Waals surface area contributed by atoms with E-state index in [-0.39, 0.29) is 5.91 Å². The maximum atomic E-state index is 12.1. The van der Waals surface area contributed by atoms with E-state index in [1.807, 2.05) is 24.3 Å².